The summed E-state index contributed by atoms with van der Waals surface area (Å²) in [6.45, 7) is 6.69. The van der Waals surface area contributed by atoms with Crippen molar-refractivity contribution >= 4 is 0 Å². The Bertz CT molecular complexity index is 315. The molecule has 0 aromatic heterocycles. The van der Waals surface area contributed by atoms with Crippen LogP contribution >= 0.6 is 0 Å². The van der Waals surface area contributed by atoms with Crippen LogP contribution in [0.5, 0.6) is 0 Å². The van der Waals surface area contributed by atoms with E-state index in [0.29, 0.717) is 5.92 Å². The average molecular weight is 232 g/mol. The Hall–Kier alpha value is -0.860. The topological polar surface area (TPSA) is 29.3 Å². The second-order valence-electron chi connectivity index (χ2n) is 5.02. The maximum absolute atomic E-state index is 5.99. The van der Waals surface area contributed by atoms with Gasteiger partial charge in [-0.05, 0) is 56.4 Å². The molecule has 0 bridgehead atoms. The van der Waals surface area contributed by atoms with Crippen molar-refractivity contribution in [1.29, 1.82) is 0 Å². The third-order valence-electron chi connectivity index (χ3n) is 4.13. The van der Waals surface area contributed by atoms with Gasteiger partial charge in [-0.3, -0.25) is 0 Å². The highest BCUT2D eigenvalue weighted by Gasteiger charge is 2.25. The van der Waals surface area contributed by atoms with E-state index in [1.54, 1.807) is 0 Å². The molecule has 2 N–H and O–H groups in total. The fourth-order valence-electron chi connectivity index (χ4n) is 2.97. The molecule has 1 fully saturated rings. The van der Waals surface area contributed by atoms with Gasteiger partial charge >= 0.3 is 0 Å². The second-order valence-corrected chi connectivity index (χ2v) is 5.02. The van der Waals surface area contributed by atoms with Gasteiger partial charge in [0.05, 0.1) is 0 Å². The second kappa shape index (κ2) is 6.18. The monoisotopic (exact) mass is 232 g/mol. The zero-order valence-corrected chi connectivity index (χ0v) is 10.8. The molecular weight excluding hydrogens is 208 g/mol. The predicted molar refractivity (Wildman–Crippen MR) is 73.1 cm³/mol. The molecule has 1 saturated heterocycles. The van der Waals surface area contributed by atoms with E-state index in [9.17, 15) is 0 Å². The van der Waals surface area contributed by atoms with Crippen molar-refractivity contribution in [1.82, 2.24) is 4.90 Å². The van der Waals surface area contributed by atoms with Crippen molar-refractivity contribution in [3.63, 3.8) is 0 Å². The summed E-state index contributed by atoms with van der Waals surface area (Å²) < 4.78 is 0. The van der Waals surface area contributed by atoms with Gasteiger partial charge in [0.2, 0.25) is 0 Å². The van der Waals surface area contributed by atoms with Crippen molar-refractivity contribution < 1.29 is 0 Å². The number of hydrogen-bond donors (Lipinski definition) is 1. The Morgan fingerprint density at radius 2 is 1.88 bits per heavy atom. The highest BCUT2D eigenvalue weighted by Crippen LogP contribution is 2.31. The summed E-state index contributed by atoms with van der Waals surface area (Å²) in [4.78, 5) is 2.54. The molecule has 0 spiro atoms. The van der Waals surface area contributed by atoms with Crippen molar-refractivity contribution in [2.75, 3.05) is 26.2 Å². The first-order chi connectivity index (χ1) is 8.35. The number of piperidine rings is 1. The zero-order chi connectivity index (χ0) is 12.1. The number of likely N-dealkylation sites (tertiary alicyclic amines) is 1. The maximum Gasteiger partial charge on any atom is -0.000555 e. The van der Waals surface area contributed by atoms with Crippen LogP contribution in [-0.4, -0.2) is 31.1 Å². The lowest BCUT2D eigenvalue weighted by atomic mass is 9.80. The molecule has 0 radical (unpaired) electrons. The van der Waals surface area contributed by atoms with Crippen molar-refractivity contribution in [3.8, 4) is 0 Å². The van der Waals surface area contributed by atoms with E-state index in [1.807, 2.05) is 0 Å². The first-order valence-corrected chi connectivity index (χ1v) is 6.82. The Labute approximate surface area is 105 Å². The summed E-state index contributed by atoms with van der Waals surface area (Å²) in [6.07, 6.45) is 2.59. The number of hydrogen-bond acceptors (Lipinski definition) is 2. The van der Waals surface area contributed by atoms with E-state index in [0.717, 1.165) is 12.5 Å². The molecule has 1 atom stereocenters. The van der Waals surface area contributed by atoms with E-state index in [2.05, 4.69) is 42.2 Å². The lowest BCUT2D eigenvalue weighted by molar-refractivity contribution is 0.176. The Morgan fingerprint density at radius 1 is 1.24 bits per heavy atom. The molecule has 2 heteroatoms. The van der Waals surface area contributed by atoms with Gasteiger partial charge in [0.1, 0.15) is 0 Å². The normalized spacial score (nSPS) is 20.4. The van der Waals surface area contributed by atoms with Crippen LogP contribution in [0.2, 0.25) is 0 Å². The minimum Gasteiger partial charge on any atom is -0.330 e. The maximum atomic E-state index is 5.99. The molecule has 0 amide bonds. The number of nitrogens with zero attached hydrogens (tertiary/aromatic N) is 1. The van der Waals surface area contributed by atoms with Gasteiger partial charge in [0, 0.05) is 0 Å². The number of rotatable bonds is 4. The highest BCUT2D eigenvalue weighted by atomic mass is 15.1. The van der Waals surface area contributed by atoms with Gasteiger partial charge in [-0.25, -0.2) is 0 Å². The van der Waals surface area contributed by atoms with Crippen LogP contribution in [0, 0.1) is 5.92 Å². The highest BCUT2D eigenvalue weighted by molar-refractivity contribution is 5.21. The summed E-state index contributed by atoms with van der Waals surface area (Å²) >= 11 is 0. The van der Waals surface area contributed by atoms with Gasteiger partial charge < -0.3 is 10.6 Å². The largest absolute Gasteiger partial charge is 0.330 e. The Balaban J connectivity index is 2.00. The lowest BCUT2D eigenvalue weighted by Gasteiger charge is -2.35. The molecular formula is C15H24N2. The van der Waals surface area contributed by atoms with Crippen LogP contribution in [0.3, 0.4) is 0 Å². The van der Waals surface area contributed by atoms with Crippen LogP contribution in [0.15, 0.2) is 30.3 Å². The third kappa shape index (κ3) is 3.08. The minimum absolute atomic E-state index is 0.551. The van der Waals surface area contributed by atoms with E-state index in [4.69, 9.17) is 5.73 Å². The van der Waals surface area contributed by atoms with Crippen molar-refractivity contribution in [2.24, 2.45) is 11.7 Å². The van der Waals surface area contributed by atoms with E-state index in [-0.39, 0.29) is 0 Å². The number of benzene rings is 1. The first-order valence-electron chi connectivity index (χ1n) is 6.82. The number of nitrogens with two attached hydrogens (primary N) is 1. The molecule has 1 aromatic rings. The van der Waals surface area contributed by atoms with Crippen LogP contribution in [-0.2, 0) is 0 Å². The molecule has 1 heterocycles. The molecule has 1 aliphatic heterocycles. The smallest absolute Gasteiger partial charge is 0.000555 e. The first kappa shape index (κ1) is 12.6. The summed E-state index contributed by atoms with van der Waals surface area (Å²) in [5, 5.41) is 0. The van der Waals surface area contributed by atoms with Gasteiger partial charge in [0.15, 0.2) is 0 Å². The zero-order valence-electron chi connectivity index (χ0n) is 10.8. The molecule has 1 unspecified atom stereocenters. The molecule has 1 aliphatic rings. The third-order valence-corrected chi connectivity index (χ3v) is 4.13. The van der Waals surface area contributed by atoms with Gasteiger partial charge in [0.25, 0.3) is 0 Å². The van der Waals surface area contributed by atoms with Crippen molar-refractivity contribution in [3.05, 3.63) is 35.9 Å². The van der Waals surface area contributed by atoms with Crippen molar-refractivity contribution in [2.45, 2.75) is 25.7 Å². The summed E-state index contributed by atoms with van der Waals surface area (Å²) in [7, 11) is 0. The molecule has 0 aliphatic carbocycles. The Morgan fingerprint density at radius 3 is 2.41 bits per heavy atom. The van der Waals surface area contributed by atoms with Gasteiger partial charge in [-0.1, -0.05) is 37.3 Å². The van der Waals surface area contributed by atoms with E-state index in [1.165, 1.54) is 38.0 Å². The minimum atomic E-state index is 0.551. The van der Waals surface area contributed by atoms with Gasteiger partial charge in [-0.2, -0.15) is 0 Å². The fraction of sp³-hybridized carbons (Fsp3) is 0.600. The van der Waals surface area contributed by atoms with E-state index < -0.39 is 0 Å². The van der Waals surface area contributed by atoms with Crippen LogP contribution in [0.1, 0.15) is 31.2 Å². The summed E-state index contributed by atoms with van der Waals surface area (Å²) in [6, 6.07) is 10.8. The molecule has 2 nitrogen and oxygen atoms in total. The lowest BCUT2D eigenvalue weighted by Crippen LogP contribution is -2.36. The molecule has 17 heavy (non-hydrogen) atoms. The fourth-order valence-corrected chi connectivity index (χ4v) is 2.97. The standard InChI is InChI=1S/C15H24N2/c1-2-17-10-8-14(9-11-17)15(12-16)13-6-4-3-5-7-13/h3-7,14-15H,2,8-12,16H2,1H3. The predicted octanol–water partition coefficient (Wildman–Crippen LogP) is 2.46. The molecule has 1 aromatic carbocycles. The van der Waals surface area contributed by atoms with E-state index >= 15 is 0 Å². The van der Waals surface area contributed by atoms with Crippen LogP contribution in [0.25, 0.3) is 0 Å². The molecule has 0 saturated carbocycles. The molecule has 2 rings (SSSR count). The summed E-state index contributed by atoms with van der Waals surface area (Å²) in [5.74, 6) is 1.32. The summed E-state index contributed by atoms with van der Waals surface area (Å²) in [5.41, 5.74) is 7.41. The van der Waals surface area contributed by atoms with Gasteiger partial charge in [-0.15, -0.1) is 0 Å². The quantitative estimate of drug-likeness (QED) is 0.864. The average Bonchev–Trinajstić information content (AvgIpc) is 2.42. The van der Waals surface area contributed by atoms with Crippen LogP contribution < -0.4 is 5.73 Å². The SMILES string of the molecule is CCN1CCC(C(CN)c2ccccc2)CC1. The van der Waals surface area contributed by atoms with Crippen LogP contribution in [0.4, 0.5) is 0 Å². The molecule has 94 valence electrons. The Kier molecular flexibility index (Phi) is 4.57.